The lowest BCUT2D eigenvalue weighted by molar-refractivity contribution is 0.155. The number of hydrogen-bond donors (Lipinski definition) is 3. The number of rotatable bonds is 7. The Morgan fingerprint density at radius 3 is 2.73 bits per heavy atom. The third kappa shape index (κ3) is 4.89. The predicted molar refractivity (Wildman–Crippen MR) is 122 cm³/mol. The molecule has 1 aliphatic heterocycles. The van der Waals surface area contributed by atoms with E-state index in [0.717, 1.165) is 17.3 Å². The third-order valence-electron chi connectivity index (χ3n) is 6.11. The molecule has 9 heteroatoms. The highest BCUT2D eigenvalue weighted by molar-refractivity contribution is 5.89. The largest absolute Gasteiger partial charge is 0.385 e. The summed E-state index contributed by atoms with van der Waals surface area (Å²) in [7, 11) is 3.34. The molecule has 0 spiro atoms. The first kappa shape index (κ1) is 22.9. The molecule has 0 aliphatic carbocycles. The third-order valence-corrected chi connectivity index (χ3v) is 6.11. The van der Waals surface area contributed by atoms with Gasteiger partial charge in [0.2, 0.25) is 0 Å². The van der Waals surface area contributed by atoms with Crippen LogP contribution in [0.2, 0.25) is 0 Å². The van der Waals surface area contributed by atoms with Crippen LogP contribution in [0.4, 0.5) is 19.4 Å². The van der Waals surface area contributed by atoms with Crippen molar-refractivity contribution in [2.24, 2.45) is 7.05 Å². The minimum atomic E-state index is -0.909. The molecule has 0 bridgehead atoms. The highest BCUT2D eigenvalue weighted by Crippen LogP contribution is 2.35. The molecule has 7 nitrogen and oxygen atoms in total. The number of aryl methyl sites for hydroxylation is 1. The fourth-order valence-corrected chi connectivity index (χ4v) is 4.37. The maximum Gasteiger partial charge on any atom is 0.320 e. The van der Waals surface area contributed by atoms with Crippen molar-refractivity contribution in [2.75, 3.05) is 32.1 Å². The van der Waals surface area contributed by atoms with Gasteiger partial charge in [0.1, 0.15) is 5.82 Å². The van der Waals surface area contributed by atoms with E-state index in [1.54, 1.807) is 31.0 Å². The van der Waals surface area contributed by atoms with Crippen molar-refractivity contribution in [3.8, 4) is 11.3 Å². The normalized spacial score (nSPS) is 20.1. The van der Waals surface area contributed by atoms with Crippen molar-refractivity contribution in [1.82, 2.24) is 20.4 Å². The van der Waals surface area contributed by atoms with E-state index >= 15 is 0 Å². The molecule has 33 heavy (non-hydrogen) atoms. The quantitative estimate of drug-likeness (QED) is 0.508. The van der Waals surface area contributed by atoms with Crippen LogP contribution in [-0.4, -0.2) is 48.2 Å². The lowest BCUT2D eigenvalue weighted by Gasteiger charge is -2.36. The monoisotopic (exact) mass is 455 g/mol. The molecule has 3 aromatic rings. The van der Waals surface area contributed by atoms with Crippen molar-refractivity contribution in [2.45, 2.75) is 17.9 Å². The van der Waals surface area contributed by atoms with Gasteiger partial charge >= 0.3 is 6.03 Å². The van der Waals surface area contributed by atoms with E-state index in [1.165, 1.54) is 6.07 Å². The van der Waals surface area contributed by atoms with Crippen LogP contribution in [-0.2, 0) is 11.8 Å². The smallest absolute Gasteiger partial charge is 0.320 e. The number of urea groups is 1. The van der Waals surface area contributed by atoms with Crippen LogP contribution in [0.15, 0.2) is 54.6 Å². The zero-order valence-corrected chi connectivity index (χ0v) is 18.6. The predicted octanol–water partition coefficient (Wildman–Crippen LogP) is 3.65. The Hall–Kier alpha value is -3.30. The number of carbonyl (C=O) groups excluding carboxylic acids is 1. The van der Waals surface area contributed by atoms with E-state index < -0.39 is 23.2 Å². The Morgan fingerprint density at radius 2 is 2.00 bits per heavy atom. The first-order chi connectivity index (χ1) is 15.9. The highest BCUT2D eigenvalue weighted by Gasteiger charge is 2.45. The standard InChI is InChI=1S/C24H27F2N5O2/c1-31-22(13-21(30-31)16-6-4-3-5-7-16)28-23(32)29-24(10-11-33-2)15-27-14-18(24)17-8-9-19(25)20(26)12-17/h3-9,12-13,18,27H,10-11,14-15H2,1-2H3,(H2,28,29,32)/t18-,24+/m0/s1. The van der Waals surface area contributed by atoms with Crippen LogP contribution in [0.5, 0.6) is 0 Å². The van der Waals surface area contributed by atoms with E-state index in [2.05, 4.69) is 21.0 Å². The van der Waals surface area contributed by atoms with Crippen LogP contribution in [0.25, 0.3) is 11.3 Å². The maximum atomic E-state index is 13.9. The maximum absolute atomic E-state index is 13.9. The molecule has 1 saturated heterocycles. The molecule has 2 aromatic carbocycles. The number of methoxy groups -OCH3 is 1. The van der Waals surface area contributed by atoms with Crippen LogP contribution in [0.1, 0.15) is 17.9 Å². The van der Waals surface area contributed by atoms with Crippen LogP contribution in [0.3, 0.4) is 0 Å². The van der Waals surface area contributed by atoms with Gasteiger partial charge in [-0.05, 0) is 24.1 Å². The summed E-state index contributed by atoms with van der Waals surface area (Å²) in [5, 5.41) is 13.7. The summed E-state index contributed by atoms with van der Waals surface area (Å²) in [5.41, 5.74) is 1.55. The number of ether oxygens (including phenoxy) is 1. The Labute approximate surface area is 191 Å². The van der Waals surface area contributed by atoms with Gasteiger partial charge in [-0.2, -0.15) is 5.10 Å². The fourth-order valence-electron chi connectivity index (χ4n) is 4.37. The molecule has 2 atom stereocenters. The molecule has 0 saturated carbocycles. The zero-order chi connectivity index (χ0) is 23.4. The van der Waals surface area contributed by atoms with Gasteiger partial charge in [0.15, 0.2) is 11.6 Å². The summed E-state index contributed by atoms with van der Waals surface area (Å²) < 4.78 is 34.3. The number of aromatic nitrogens is 2. The SMILES string of the molecule is COCC[C@@]1(NC(=O)Nc2cc(-c3ccccc3)nn2C)CNC[C@H]1c1ccc(F)c(F)c1. The number of amides is 2. The number of carbonyl (C=O) groups is 1. The van der Waals surface area contributed by atoms with Gasteiger partial charge in [-0.15, -0.1) is 0 Å². The first-order valence-electron chi connectivity index (χ1n) is 10.7. The van der Waals surface area contributed by atoms with E-state index in [0.29, 0.717) is 37.5 Å². The van der Waals surface area contributed by atoms with E-state index in [4.69, 9.17) is 4.74 Å². The number of nitrogens with zero attached hydrogens (tertiary/aromatic N) is 2. The first-order valence-corrected chi connectivity index (χ1v) is 10.7. The van der Waals surface area contributed by atoms with Gasteiger partial charge in [0.25, 0.3) is 0 Å². The van der Waals surface area contributed by atoms with Crippen molar-refractivity contribution < 1.29 is 18.3 Å². The Balaban J connectivity index is 1.55. The summed E-state index contributed by atoms with van der Waals surface area (Å²) in [6.45, 7) is 1.37. The number of benzene rings is 2. The Bertz CT molecular complexity index is 1120. The average Bonchev–Trinajstić information content (AvgIpc) is 3.38. The molecule has 0 radical (unpaired) electrons. The summed E-state index contributed by atoms with van der Waals surface area (Å²) in [4.78, 5) is 13.1. The van der Waals surface area contributed by atoms with Gasteiger partial charge < -0.3 is 15.4 Å². The molecule has 0 unspecified atom stereocenters. The van der Waals surface area contributed by atoms with Gasteiger partial charge in [-0.1, -0.05) is 36.4 Å². The molecular formula is C24H27F2N5O2. The van der Waals surface area contributed by atoms with E-state index in [-0.39, 0.29) is 5.92 Å². The van der Waals surface area contributed by atoms with Crippen LogP contribution in [0, 0.1) is 11.6 Å². The number of anilines is 1. The molecule has 1 aliphatic rings. The summed E-state index contributed by atoms with van der Waals surface area (Å²) >= 11 is 0. The topological polar surface area (TPSA) is 80.2 Å². The lowest BCUT2D eigenvalue weighted by atomic mass is 9.79. The van der Waals surface area contributed by atoms with Gasteiger partial charge in [-0.3, -0.25) is 10.00 Å². The number of nitrogens with one attached hydrogen (secondary N) is 3. The summed E-state index contributed by atoms with van der Waals surface area (Å²) in [6.07, 6.45) is 0.494. The van der Waals surface area contributed by atoms with Crippen molar-refractivity contribution in [3.05, 3.63) is 71.8 Å². The molecule has 2 amide bonds. The molecule has 1 fully saturated rings. The molecule has 2 heterocycles. The van der Waals surface area contributed by atoms with E-state index in [1.807, 2.05) is 30.3 Å². The average molecular weight is 456 g/mol. The zero-order valence-electron chi connectivity index (χ0n) is 18.6. The van der Waals surface area contributed by atoms with Gasteiger partial charge in [0.05, 0.1) is 11.2 Å². The van der Waals surface area contributed by atoms with Crippen molar-refractivity contribution >= 4 is 11.8 Å². The fraction of sp³-hybridized carbons (Fsp3) is 0.333. The van der Waals surface area contributed by atoms with Crippen molar-refractivity contribution in [1.29, 1.82) is 0 Å². The molecular weight excluding hydrogens is 428 g/mol. The number of halogens is 2. The lowest BCUT2D eigenvalue weighted by Crippen LogP contribution is -2.55. The second-order valence-corrected chi connectivity index (χ2v) is 8.24. The van der Waals surface area contributed by atoms with E-state index in [9.17, 15) is 13.6 Å². The molecule has 4 rings (SSSR count). The molecule has 3 N–H and O–H groups in total. The molecule has 174 valence electrons. The summed E-state index contributed by atoms with van der Waals surface area (Å²) in [6, 6.07) is 14.9. The molecule has 1 aromatic heterocycles. The minimum Gasteiger partial charge on any atom is -0.385 e. The van der Waals surface area contributed by atoms with Crippen LogP contribution >= 0.6 is 0 Å². The summed E-state index contributed by atoms with van der Waals surface area (Å²) in [5.74, 6) is -1.54. The van der Waals surface area contributed by atoms with Gasteiger partial charge in [0, 0.05) is 51.4 Å². The second kappa shape index (κ2) is 9.68. The second-order valence-electron chi connectivity index (χ2n) is 8.24. The minimum absolute atomic E-state index is 0.264. The Morgan fingerprint density at radius 1 is 1.21 bits per heavy atom. The van der Waals surface area contributed by atoms with Gasteiger partial charge in [-0.25, -0.2) is 13.6 Å². The Kier molecular flexibility index (Phi) is 6.71. The van der Waals surface area contributed by atoms with Crippen molar-refractivity contribution in [3.63, 3.8) is 0 Å². The van der Waals surface area contributed by atoms with Crippen LogP contribution < -0.4 is 16.0 Å². The number of hydrogen-bond acceptors (Lipinski definition) is 4. The highest BCUT2D eigenvalue weighted by atomic mass is 19.2.